The summed E-state index contributed by atoms with van der Waals surface area (Å²) >= 11 is 0. The Kier molecular flexibility index (Phi) is 8.09. The van der Waals surface area contributed by atoms with Gasteiger partial charge in [-0.1, -0.05) is 38.3 Å². The van der Waals surface area contributed by atoms with E-state index in [2.05, 4.69) is 13.3 Å². The van der Waals surface area contributed by atoms with E-state index in [1.165, 1.54) is 49.8 Å². The van der Waals surface area contributed by atoms with Crippen molar-refractivity contribution in [2.75, 3.05) is 6.61 Å². The molecule has 0 aliphatic heterocycles. The molecule has 0 N–H and O–H groups in total. The van der Waals surface area contributed by atoms with Gasteiger partial charge in [-0.2, -0.15) is 0 Å². The highest BCUT2D eigenvalue weighted by molar-refractivity contribution is 5.91. The standard InChI is InChI=1S/C25H30FO3/c1-2-3-17-28-22-15-16-23(24(26)18-22)25(27)29-21-13-11-20(12-14-21)10-9-19-7-5-4-6-8-19/h4,11-16,18-19H,2-3,5-10,17H2,1H3. The normalized spacial score (nSPS) is 14.6. The van der Waals surface area contributed by atoms with E-state index in [0.717, 1.165) is 25.2 Å². The number of unbranched alkanes of at least 4 members (excludes halogenated alkanes) is 1. The first kappa shape index (κ1) is 21.4. The highest BCUT2D eigenvalue weighted by atomic mass is 19.1. The van der Waals surface area contributed by atoms with Gasteiger partial charge in [-0.05, 0) is 74.3 Å². The predicted octanol–water partition coefficient (Wildman–Crippen LogP) is 6.55. The summed E-state index contributed by atoms with van der Waals surface area (Å²) in [4.78, 5) is 12.3. The topological polar surface area (TPSA) is 35.5 Å². The highest BCUT2D eigenvalue weighted by Crippen LogP contribution is 2.27. The van der Waals surface area contributed by atoms with E-state index in [-0.39, 0.29) is 5.56 Å². The summed E-state index contributed by atoms with van der Waals surface area (Å²) in [6.07, 6.45) is 11.6. The van der Waals surface area contributed by atoms with E-state index >= 15 is 0 Å². The van der Waals surface area contributed by atoms with Gasteiger partial charge in [-0.3, -0.25) is 0 Å². The minimum absolute atomic E-state index is 0.0916. The molecule has 3 rings (SSSR count). The van der Waals surface area contributed by atoms with Crippen molar-refractivity contribution in [3.8, 4) is 11.5 Å². The van der Waals surface area contributed by atoms with Crippen LogP contribution < -0.4 is 9.47 Å². The number of benzene rings is 2. The number of rotatable bonds is 9. The van der Waals surface area contributed by atoms with Crippen molar-refractivity contribution in [3.63, 3.8) is 0 Å². The Morgan fingerprint density at radius 2 is 1.79 bits per heavy atom. The van der Waals surface area contributed by atoms with Crippen LogP contribution in [0, 0.1) is 18.2 Å². The van der Waals surface area contributed by atoms with Crippen molar-refractivity contribution in [1.82, 2.24) is 0 Å². The van der Waals surface area contributed by atoms with Crippen LogP contribution in [0.3, 0.4) is 0 Å². The summed E-state index contributed by atoms with van der Waals surface area (Å²) in [6, 6.07) is 11.8. The lowest BCUT2D eigenvalue weighted by atomic mass is 9.85. The van der Waals surface area contributed by atoms with Crippen LogP contribution in [0.2, 0.25) is 0 Å². The molecule has 2 aromatic carbocycles. The Bertz CT molecular complexity index is 779. The summed E-state index contributed by atoms with van der Waals surface area (Å²) in [5.74, 6) is 0.329. The molecule has 155 valence electrons. The van der Waals surface area contributed by atoms with Crippen molar-refractivity contribution in [1.29, 1.82) is 0 Å². The molecular formula is C25H30FO3. The van der Waals surface area contributed by atoms with E-state index in [4.69, 9.17) is 9.47 Å². The molecule has 2 aromatic rings. The Morgan fingerprint density at radius 3 is 2.48 bits per heavy atom. The number of esters is 1. The Labute approximate surface area is 173 Å². The van der Waals surface area contributed by atoms with E-state index in [0.29, 0.717) is 18.1 Å². The molecule has 1 fully saturated rings. The fourth-order valence-electron chi connectivity index (χ4n) is 3.63. The predicted molar refractivity (Wildman–Crippen MR) is 113 cm³/mol. The minimum Gasteiger partial charge on any atom is -0.493 e. The number of carbonyl (C=O) groups excluding carboxylic acids is 1. The number of ether oxygens (including phenoxy) is 2. The average molecular weight is 398 g/mol. The van der Waals surface area contributed by atoms with Crippen LogP contribution in [0.15, 0.2) is 42.5 Å². The van der Waals surface area contributed by atoms with Crippen molar-refractivity contribution in [3.05, 3.63) is 65.8 Å². The number of aryl methyl sites for hydroxylation is 1. The van der Waals surface area contributed by atoms with Crippen molar-refractivity contribution >= 4 is 5.97 Å². The fourth-order valence-corrected chi connectivity index (χ4v) is 3.63. The molecule has 4 heteroatoms. The van der Waals surface area contributed by atoms with Gasteiger partial charge in [0, 0.05) is 6.07 Å². The third-order valence-corrected chi connectivity index (χ3v) is 5.46. The summed E-state index contributed by atoms with van der Waals surface area (Å²) in [5, 5.41) is 0. The van der Waals surface area contributed by atoms with Gasteiger partial charge in [0.15, 0.2) is 0 Å². The molecule has 1 radical (unpaired) electrons. The summed E-state index contributed by atoms with van der Waals surface area (Å²) in [7, 11) is 0. The second kappa shape index (κ2) is 11.0. The SMILES string of the molecule is CCCCOc1ccc(C(=O)Oc2ccc(CCC3CC[CH]CC3)cc2)c(F)c1. The number of carbonyl (C=O) groups is 1. The zero-order valence-electron chi connectivity index (χ0n) is 17.2. The van der Waals surface area contributed by atoms with Crippen LogP contribution in [-0.4, -0.2) is 12.6 Å². The van der Waals surface area contributed by atoms with Gasteiger partial charge in [-0.15, -0.1) is 0 Å². The maximum absolute atomic E-state index is 14.3. The van der Waals surface area contributed by atoms with Crippen molar-refractivity contribution < 1.29 is 18.7 Å². The molecule has 0 heterocycles. The minimum atomic E-state index is -0.700. The van der Waals surface area contributed by atoms with Gasteiger partial charge in [0.1, 0.15) is 17.3 Å². The maximum Gasteiger partial charge on any atom is 0.346 e. The largest absolute Gasteiger partial charge is 0.493 e. The first-order valence-electron chi connectivity index (χ1n) is 10.7. The van der Waals surface area contributed by atoms with E-state index < -0.39 is 11.8 Å². The molecule has 1 aliphatic carbocycles. The zero-order chi connectivity index (χ0) is 20.5. The zero-order valence-corrected chi connectivity index (χ0v) is 17.2. The molecule has 0 bridgehead atoms. The van der Waals surface area contributed by atoms with Crippen LogP contribution in [-0.2, 0) is 6.42 Å². The molecule has 0 aromatic heterocycles. The lowest BCUT2D eigenvalue weighted by Crippen LogP contribution is -2.11. The van der Waals surface area contributed by atoms with E-state index in [1.54, 1.807) is 18.2 Å². The summed E-state index contributed by atoms with van der Waals surface area (Å²) < 4.78 is 25.1. The van der Waals surface area contributed by atoms with Crippen LogP contribution in [0.1, 0.15) is 67.8 Å². The lowest BCUT2D eigenvalue weighted by Gasteiger charge is -2.21. The number of hydrogen-bond donors (Lipinski definition) is 0. The maximum atomic E-state index is 14.3. The molecule has 0 saturated heterocycles. The van der Waals surface area contributed by atoms with E-state index in [1.807, 2.05) is 12.1 Å². The van der Waals surface area contributed by atoms with Crippen LogP contribution in [0.4, 0.5) is 4.39 Å². The van der Waals surface area contributed by atoms with Gasteiger partial charge < -0.3 is 9.47 Å². The Balaban J connectivity index is 1.52. The van der Waals surface area contributed by atoms with Crippen LogP contribution in [0.25, 0.3) is 0 Å². The highest BCUT2D eigenvalue weighted by Gasteiger charge is 2.16. The molecule has 0 spiro atoms. The molecule has 0 unspecified atom stereocenters. The van der Waals surface area contributed by atoms with Gasteiger partial charge in [0.2, 0.25) is 0 Å². The smallest absolute Gasteiger partial charge is 0.346 e. The monoisotopic (exact) mass is 397 g/mol. The summed E-state index contributed by atoms with van der Waals surface area (Å²) in [5.41, 5.74) is 1.14. The van der Waals surface area contributed by atoms with Crippen LogP contribution in [0.5, 0.6) is 11.5 Å². The number of halogens is 1. The molecule has 0 amide bonds. The second-order valence-corrected chi connectivity index (χ2v) is 7.73. The average Bonchev–Trinajstić information content (AvgIpc) is 2.74. The van der Waals surface area contributed by atoms with Gasteiger partial charge in [0.25, 0.3) is 0 Å². The first-order chi connectivity index (χ1) is 14.2. The quantitative estimate of drug-likeness (QED) is 0.273. The van der Waals surface area contributed by atoms with Crippen molar-refractivity contribution in [2.45, 2.75) is 58.3 Å². The molecule has 29 heavy (non-hydrogen) atoms. The molecule has 0 atom stereocenters. The second-order valence-electron chi connectivity index (χ2n) is 7.73. The lowest BCUT2D eigenvalue weighted by molar-refractivity contribution is 0.0730. The summed E-state index contributed by atoms with van der Waals surface area (Å²) in [6.45, 7) is 2.59. The third-order valence-electron chi connectivity index (χ3n) is 5.46. The molecule has 1 aliphatic rings. The third kappa shape index (κ3) is 6.59. The number of hydrogen-bond acceptors (Lipinski definition) is 3. The van der Waals surface area contributed by atoms with Gasteiger partial charge in [0.05, 0.1) is 12.2 Å². The Morgan fingerprint density at radius 1 is 1.07 bits per heavy atom. The van der Waals surface area contributed by atoms with Crippen LogP contribution >= 0.6 is 0 Å². The fraction of sp³-hybridized carbons (Fsp3) is 0.440. The molecular weight excluding hydrogens is 367 g/mol. The molecule has 1 saturated carbocycles. The van der Waals surface area contributed by atoms with Gasteiger partial charge in [-0.25, -0.2) is 9.18 Å². The van der Waals surface area contributed by atoms with Crippen molar-refractivity contribution in [2.24, 2.45) is 5.92 Å². The van der Waals surface area contributed by atoms with Gasteiger partial charge >= 0.3 is 5.97 Å². The Hall–Kier alpha value is -2.36. The molecule has 3 nitrogen and oxygen atoms in total. The van der Waals surface area contributed by atoms with E-state index in [9.17, 15) is 9.18 Å². The first-order valence-corrected chi connectivity index (χ1v) is 10.7.